The number of fused-ring (bicyclic) bond motifs is 3. The van der Waals surface area contributed by atoms with Gasteiger partial charge in [-0.1, -0.05) is 228 Å². The van der Waals surface area contributed by atoms with Crippen LogP contribution in [0.5, 0.6) is 11.5 Å². The summed E-state index contributed by atoms with van der Waals surface area (Å²) >= 11 is 0. The molecule has 0 atom stereocenters. The van der Waals surface area contributed by atoms with Gasteiger partial charge in [0.15, 0.2) is 0 Å². The predicted octanol–water partition coefficient (Wildman–Crippen LogP) is 17.4. The number of benzene rings is 8. The van der Waals surface area contributed by atoms with E-state index in [1.165, 1.54) is 44.3 Å². The smallest absolute Gasteiger partial charge is 0.269 e. The van der Waals surface area contributed by atoms with Gasteiger partial charge in [-0.2, -0.15) is 0 Å². The number of pyridine rings is 1. The van der Waals surface area contributed by atoms with Crippen LogP contribution in [0.2, 0.25) is 0 Å². The minimum atomic E-state index is -0.523. The van der Waals surface area contributed by atoms with Crippen molar-refractivity contribution in [1.82, 2.24) is 14.1 Å². The Kier molecular flexibility index (Phi) is 12.8. The van der Waals surface area contributed by atoms with Crippen LogP contribution in [0.1, 0.15) is 126 Å². The molecular weight excluding hydrogens is 937 g/mol. The molecule has 0 fully saturated rings. The highest BCUT2D eigenvalue weighted by Crippen LogP contribution is 2.44. The maximum atomic E-state index is 7.00. The van der Waals surface area contributed by atoms with E-state index >= 15 is 0 Å². The Morgan fingerprint density at radius 2 is 0.909 bits per heavy atom. The Balaban J connectivity index is 1.14. The number of rotatable bonds is 13. The van der Waals surface area contributed by atoms with Crippen LogP contribution in [-0.4, -0.2) is 14.1 Å². The third kappa shape index (κ3) is 9.26. The summed E-state index contributed by atoms with van der Waals surface area (Å²) in [5.74, 6) is 2.34. The lowest BCUT2D eigenvalue weighted by Gasteiger charge is -2.36. The molecule has 0 aliphatic carbocycles. The minimum absolute atomic E-state index is 0.0358. The maximum absolute atomic E-state index is 7.00. The molecule has 0 unspecified atom stereocenters. The minimum Gasteiger partial charge on any atom is -0.458 e. The monoisotopic (exact) mass is 1010 g/mol. The van der Waals surface area contributed by atoms with Gasteiger partial charge in [-0.25, -0.2) is 4.98 Å². The summed E-state index contributed by atoms with van der Waals surface area (Å²) in [5.41, 5.74) is 13.3. The van der Waals surface area contributed by atoms with Crippen LogP contribution < -0.4 is 9.30 Å². The van der Waals surface area contributed by atoms with Gasteiger partial charge >= 0.3 is 0 Å². The fourth-order valence-corrected chi connectivity index (χ4v) is 11.5. The van der Waals surface area contributed by atoms with Crippen LogP contribution in [0.4, 0.5) is 0 Å². The standard InChI is InChI=1S/C72H70N4O/c1-68(2,3)54-41-42-73-65(46-54)76-63-38-25-24-37-61(63)62-40-39-60(48-64(62)76)77-59-36-26-35-57(47-59)74-49-75(67(72(10,11)53-33-22-15-23-34-53)66(74)71(8,9)52-31-20-14-21-32-52)58-44-55(69(4,5)50-27-16-12-17-28-50)43-56(45-58)70(6,7)51-29-18-13-19-30-51/h12-48H,1-11H3. The summed E-state index contributed by atoms with van der Waals surface area (Å²) in [5, 5.41) is 2.31. The van der Waals surface area contributed by atoms with E-state index in [0.717, 1.165) is 56.5 Å². The van der Waals surface area contributed by atoms with E-state index in [-0.39, 0.29) is 16.2 Å². The number of hydrogen-bond acceptors (Lipinski definition) is 2. The van der Waals surface area contributed by atoms with Crippen molar-refractivity contribution >= 4 is 21.8 Å². The summed E-state index contributed by atoms with van der Waals surface area (Å²) in [6, 6.07) is 78.8. The van der Waals surface area contributed by atoms with Gasteiger partial charge in [-0.15, -0.1) is 0 Å². The van der Waals surface area contributed by atoms with Crippen molar-refractivity contribution in [2.45, 2.75) is 103 Å². The number of hydrogen-bond donors (Lipinski definition) is 0. The zero-order valence-corrected chi connectivity index (χ0v) is 46.6. The normalized spacial score (nSPS) is 12.6. The van der Waals surface area contributed by atoms with Crippen LogP contribution in [0.25, 0.3) is 39.0 Å². The molecule has 384 valence electrons. The molecule has 0 saturated heterocycles. The Bertz CT molecular complexity index is 3840. The highest BCUT2D eigenvalue weighted by atomic mass is 16.5. The van der Waals surface area contributed by atoms with Crippen LogP contribution in [0.3, 0.4) is 0 Å². The average molecular weight is 1010 g/mol. The van der Waals surface area contributed by atoms with Crippen molar-refractivity contribution < 1.29 is 9.30 Å². The van der Waals surface area contributed by atoms with Gasteiger partial charge in [0.1, 0.15) is 17.3 Å². The lowest BCUT2D eigenvalue weighted by Crippen LogP contribution is -2.43. The van der Waals surface area contributed by atoms with Crippen molar-refractivity contribution in [2.75, 3.05) is 0 Å². The number of para-hydroxylation sites is 1. The van der Waals surface area contributed by atoms with E-state index in [1.807, 2.05) is 6.20 Å². The van der Waals surface area contributed by atoms with Gasteiger partial charge in [-0.05, 0) is 105 Å². The zero-order chi connectivity index (χ0) is 53.9. The molecule has 3 heterocycles. The molecule has 5 nitrogen and oxygen atoms in total. The van der Waals surface area contributed by atoms with Gasteiger partial charge in [0.2, 0.25) is 0 Å². The van der Waals surface area contributed by atoms with Crippen LogP contribution >= 0.6 is 0 Å². The number of aromatic nitrogens is 4. The summed E-state index contributed by atoms with van der Waals surface area (Å²) in [4.78, 5) is 4.95. The summed E-state index contributed by atoms with van der Waals surface area (Å²) in [6.07, 6.45) is 6.04. The van der Waals surface area contributed by atoms with E-state index in [2.05, 4.69) is 315 Å². The molecule has 0 saturated carbocycles. The van der Waals surface area contributed by atoms with Crippen LogP contribution in [0, 0.1) is 6.33 Å². The van der Waals surface area contributed by atoms with Crippen molar-refractivity contribution in [3.8, 4) is 28.7 Å². The van der Waals surface area contributed by atoms with E-state index in [9.17, 15) is 0 Å². The molecular formula is C72H70N4O. The highest BCUT2D eigenvalue weighted by Gasteiger charge is 2.41. The number of nitrogens with zero attached hydrogens (tertiary/aromatic N) is 4. The summed E-state index contributed by atoms with van der Waals surface area (Å²) in [6.45, 7) is 25.6. The van der Waals surface area contributed by atoms with Crippen LogP contribution in [-0.2, 0) is 27.1 Å². The third-order valence-corrected chi connectivity index (χ3v) is 16.5. The molecule has 77 heavy (non-hydrogen) atoms. The largest absolute Gasteiger partial charge is 0.458 e. The predicted molar refractivity (Wildman–Crippen MR) is 318 cm³/mol. The second-order valence-electron chi connectivity index (χ2n) is 24.0. The lowest BCUT2D eigenvalue weighted by molar-refractivity contribution is -0.611. The first-order valence-corrected chi connectivity index (χ1v) is 27.1. The Hall–Kier alpha value is -8.28. The number of ether oxygens (including phenoxy) is 1. The zero-order valence-electron chi connectivity index (χ0n) is 46.6. The van der Waals surface area contributed by atoms with Crippen molar-refractivity contribution in [1.29, 1.82) is 0 Å². The Morgan fingerprint density at radius 3 is 1.48 bits per heavy atom. The average Bonchev–Trinajstić information content (AvgIpc) is 4.23. The molecule has 11 aromatic rings. The van der Waals surface area contributed by atoms with Crippen LogP contribution in [0.15, 0.2) is 225 Å². The molecule has 0 N–H and O–H groups in total. The maximum Gasteiger partial charge on any atom is 0.269 e. The van der Waals surface area contributed by atoms with E-state index < -0.39 is 10.8 Å². The van der Waals surface area contributed by atoms with Gasteiger partial charge < -0.3 is 4.74 Å². The fraction of sp³-hybridized carbons (Fsp3) is 0.222. The van der Waals surface area contributed by atoms with Gasteiger partial charge in [-0.3, -0.25) is 13.7 Å². The van der Waals surface area contributed by atoms with Gasteiger partial charge in [0.25, 0.3) is 6.33 Å². The van der Waals surface area contributed by atoms with Crippen molar-refractivity contribution in [3.63, 3.8) is 0 Å². The van der Waals surface area contributed by atoms with Crippen molar-refractivity contribution in [2.24, 2.45) is 0 Å². The first-order valence-electron chi connectivity index (χ1n) is 27.1. The van der Waals surface area contributed by atoms with Gasteiger partial charge in [0, 0.05) is 44.7 Å². The fourth-order valence-electron chi connectivity index (χ4n) is 11.5. The summed E-state index contributed by atoms with van der Waals surface area (Å²) in [7, 11) is 0. The molecule has 0 aliphatic rings. The first-order chi connectivity index (χ1) is 36.8. The molecule has 0 spiro atoms. The molecule has 11 rings (SSSR count). The van der Waals surface area contributed by atoms with Gasteiger partial charge in [0.05, 0.1) is 33.8 Å². The van der Waals surface area contributed by atoms with E-state index in [4.69, 9.17) is 9.72 Å². The molecule has 3 aromatic heterocycles. The third-order valence-electron chi connectivity index (χ3n) is 16.5. The molecule has 0 amide bonds. The Morgan fingerprint density at radius 1 is 0.403 bits per heavy atom. The second-order valence-corrected chi connectivity index (χ2v) is 24.0. The number of imidazole rings is 1. The first kappa shape index (κ1) is 50.9. The summed E-state index contributed by atoms with van der Waals surface area (Å²) < 4.78 is 14.0. The molecule has 0 aliphatic heterocycles. The molecule has 5 heteroatoms. The van der Waals surface area contributed by atoms with Crippen molar-refractivity contribution in [3.05, 3.63) is 281 Å². The van der Waals surface area contributed by atoms with E-state index in [1.54, 1.807) is 0 Å². The Labute approximate surface area is 456 Å². The molecule has 0 radical (unpaired) electrons. The molecule has 8 aromatic carbocycles. The topological polar surface area (TPSA) is 35.9 Å². The highest BCUT2D eigenvalue weighted by molar-refractivity contribution is 6.09. The SMILES string of the molecule is CC(C)(C)c1ccnc(-n2c3ccccc3c3ccc(Oc4cccc(-n5[c-][n+](-c6cc(C(C)(C)c7ccccc7)cc(C(C)(C)c7ccccc7)c6)c(C(C)(C)c6ccccc6)c5C(C)(C)c5ccccc5)c4)cc32)c1. The second kappa shape index (κ2) is 19.4. The van der Waals surface area contributed by atoms with E-state index in [0.29, 0.717) is 0 Å². The quantitative estimate of drug-likeness (QED) is 0.0852. The lowest BCUT2D eigenvalue weighted by atomic mass is 9.72. The molecule has 0 bridgehead atoms.